The molecule has 1 aromatic heterocycles. The molecular weight excluding hydrogens is 190 g/mol. The Kier molecular flexibility index (Phi) is 4.42. The summed E-state index contributed by atoms with van der Waals surface area (Å²) >= 11 is 0. The van der Waals surface area contributed by atoms with Crippen molar-refractivity contribution in [2.75, 3.05) is 11.9 Å². The van der Waals surface area contributed by atoms with Gasteiger partial charge in [0.1, 0.15) is 0 Å². The highest BCUT2D eigenvalue weighted by molar-refractivity contribution is 5.42. The van der Waals surface area contributed by atoms with E-state index in [9.17, 15) is 0 Å². The predicted molar refractivity (Wildman–Crippen MR) is 58.7 cm³/mol. The van der Waals surface area contributed by atoms with Crippen LogP contribution in [0.15, 0.2) is 18.3 Å². The number of ether oxygens (including phenoxy) is 1. The Hall–Kier alpha value is -1.76. The zero-order valence-electron chi connectivity index (χ0n) is 9.03. The summed E-state index contributed by atoms with van der Waals surface area (Å²) in [6, 6.07) is 5.95. The second-order valence-electron chi connectivity index (χ2n) is 3.23. The van der Waals surface area contributed by atoms with E-state index in [1.807, 2.05) is 26.0 Å². The smallest absolute Gasteiger partial charge is 0.213 e. The maximum Gasteiger partial charge on any atom is 0.213 e. The van der Waals surface area contributed by atoms with Crippen LogP contribution in [0.25, 0.3) is 0 Å². The second-order valence-corrected chi connectivity index (χ2v) is 3.23. The van der Waals surface area contributed by atoms with E-state index >= 15 is 0 Å². The highest BCUT2D eigenvalue weighted by Gasteiger charge is 2.01. The van der Waals surface area contributed by atoms with Gasteiger partial charge in [-0.15, -0.1) is 0 Å². The van der Waals surface area contributed by atoms with E-state index < -0.39 is 0 Å². The third-order valence-corrected chi connectivity index (χ3v) is 1.84. The van der Waals surface area contributed by atoms with Crippen molar-refractivity contribution < 1.29 is 4.74 Å². The maximum atomic E-state index is 8.50. The number of hydrogen-bond acceptors (Lipinski definition) is 4. The summed E-state index contributed by atoms with van der Waals surface area (Å²) in [5.74, 6) is 0.621. The zero-order chi connectivity index (χ0) is 11.1. The average Bonchev–Trinajstić information content (AvgIpc) is 2.22. The summed E-state index contributed by atoms with van der Waals surface area (Å²) in [6.45, 7) is 4.49. The van der Waals surface area contributed by atoms with Crippen LogP contribution in [0.5, 0.6) is 5.88 Å². The highest BCUT2D eigenvalue weighted by Crippen LogP contribution is 2.12. The van der Waals surface area contributed by atoms with E-state index in [-0.39, 0.29) is 6.04 Å². The molecule has 0 aliphatic heterocycles. The van der Waals surface area contributed by atoms with Crippen molar-refractivity contribution in [1.82, 2.24) is 4.98 Å². The molecule has 4 heteroatoms. The van der Waals surface area contributed by atoms with Crippen LogP contribution in [0.4, 0.5) is 5.69 Å². The van der Waals surface area contributed by atoms with Crippen molar-refractivity contribution >= 4 is 5.69 Å². The van der Waals surface area contributed by atoms with Gasteiger partial charge < -0.3 is 10.1 Å². The molecule has 0 radical (unpaired) electrons. The second kappa shape index (κ2) is 5.86. The number of rotatable bonds is 5. The normalized spacial score (nSPS) is 11.5. The van der Waals surface area contributed by atoms with Crippen LogP contribution in [0, 0.1) is 11.3 Å². The summed E-state index contributed by atoms with van der Waals surface area (Å²) < 4.78 is 5.22. The summed E-state index contributed by atoms with van der Waals surface area (Å²) in [7, 11) is 0. The lowest BCUT2D eigenvalue weighted by atomic mass is 10.2. The lowest BCUT2D eigenvalue weighted by molar-refractivity contribution is 0.327. The summed E-state index contributed by atoms with van der Waals surface area (Å²) in [4.78, 5) is 4.11. The minimum Gasteiger partial charge on any atom is -0.478 e. The average molecular weight is 205 g/mol. The zero-order valence-corrected chi connectivity index (χ0v) is 9.03. The molecular formula is C11H15N3O. The minimum absolute atomic E-state index is 0.134. The van der Waals surface area contributed by atoms with Crippen LogP contribution in [0.2, 0.25) is 0 Å². The number of nitrogens with one attached hydrogen (secondary N) is 1. The largest absolute Gasteiger partial charge is 0.478 e. The van der Waals surface area contributed by atoms with Crippen molar-refractivity contribution in [2.24, 2.45) is 0 Å². The fourth-order valence-electron chi connectivity index (χ4n) is 1.17. The molecule has 0 bridgehead atoms. The molecule has 0 amide bonds. The number of pyridine rings is 1. The van der Waals surface area contributed by atoms with Gasteiger partial charge in [-0.3, -0.25) is 0 Å². The van der Waals surface area contributed by atoms with Gasteiger partial charge in [0.05, 0.1) is 31.0 Å². The number of anilines is 1. The van der Waals surface area contributed by atoms with Crippen molar-refractivity contribution in [1.29, 1.82) is 5.26 Å². The molecule has 0 saturated carbocycles. The number of nitriles is 1. The van der Waals surface area contributed by atoms with Gasteiger partial charge in [-0.1, -0.05) is 0 Å². The Bertz CT molecular complexity index is 329. The van der Waals surface area contributed by atoms with Crippen LogP contribution in [0.3, 0.4) is 0 Å². The Morgan fingerprint density at radius 1 is 1.60 bits per heavy atom. The minimum atomic E-state index is 0.134. The van der Waals surface area contributed by atoms with E-state index in [1.165, 1.54) is 0 Å². The first kappa shape index (κ1) is 11.3. The lowest BCUT2D eigenvalue weighted by Crippen LogP contribution is -2.14. The molecule has 1 N–H and O–H groups in total. The van der Waals surface area contributed by atoms with Crippen molar-refractivity contribution in [3.05, 3.63) is 18.3 Å². The molecule has 0 aliphatic rings. The van der Waals surface area contributed by atoms with Crippen molar-refractivity contribution in [3.8, 4) is 11.9 Å². The molecule has 1 heterocycles. The Balaban J connectivity index is 2.53. The van der Waals surface area contributed by atoms with Gasteiger partial charge in [0.25, 0.3) is 0 Å². The van der Waals surface area contributed by atoms with Crippen LogP contribution >= 0.6 is 0 Å². The molecule has 0 spiro atoms. The number of hydrogen-bond donors (Lipinski definition) is 1. The van der Waals surface area contributed by atoms with E-state index in [1.54, 1.807) is 6.20 Å². The quantitative estimate of drug-likeness (QED) is 0.800. The lowest BCUT2D eigenvalue weighted by Gasteiger charge is -2.11. The molecule has 4 nitrogen and oxygen atoms in total. The van der Waals surface area contributed by atoms with Crippen molar-refractivity contribution in [3.63, 3.8) is 0 Å². The summed E-state index contributed by atoms with van der Waals surface area (Å²) in [5.41, 5.74) is 0.904. The summed E-state index contributed by atoms with van der Waals surface area (Å²) in [5, 5.41) is 11.7. The van der Waals surface area contributed by atoms with E-state index in [0.717, 1.165) is 5.69 Å². The highest BCUT2D eigenvalue weighted by atomic mass is 16.5. The fraction of sp³-hybridized carbons (Fsp3) is 0.455. The molecule has 15 heavy (non-hydrogen) atoms. The van der Waals surface area contributed by atoms with Gasteiger partial charge in [-0.05, 0) is 19.9 Å². The van der Waals surface area contributed by atoms with E-state index in [0.29, 0.717) is 18.9 Å². The molecule has 1 rings (SSSR count). The topological polar surface area (TPSA) is 57.9 Å². The van der Waals surface area contributed by atoms with Gasteiger partial charge in [0, 0.05) is 12.1 Å². The molecule has 1 atom stereocenters. The van der Waals surface area contributed by atoms with Gasteiger partial charge in [-0.25, -0.2) is 4.98 Å². The van der Waals surface area contributed by atoms with Crippen LogP contribution in [0.1, 0.15) is 20.3 Å². The predicted octanol–water partition coefficient (Wildman–Crippen LogP) is 2.19. The molecule has 1 aromatic rings. The first-order valence-electron chi connectivity index (χ1n) is 4.98. The van der Waals surface area contributed by atoms with E-state index in [4.69, 9.17) is 10.00 Å². The Labute approximate surface area is 89.9 Å². The molecule has 0 aromatic carbocycles. The van der Waals surface area contributed by atoms with Gasteiger partial charge in [0.15, 0.2) is 0 Å². The first-order valence-corrected chi connectivity index (χ1v) is 4.98. The Morgan fingerprint density at radius 2 is 2.40 bits per heavy atom. The number of aromatic nitrogens is 1. The fourth-order valence-corrected chi connectivity index (χ4v) is 1.17. The van der Waals surface area contributed by atoms with E-state index in [2.05, 4.69) is 16.4 Å². The first-order chi connectivity index (χ1) is 7.26. The number of nitrogens with zero attached hydrogens (tertiary/aromatic N) is 2. The molecule has 80 valence electrons. The third-order valence-electron chi connectivity index (χ3n) is 1.84. The molecule has 0 saturated heterocycles. The maximum absolute atomic E-state index is 8.50. The van der Waals surface area contributed by atoms with Crippen LogP contribution < -0.4 is 10.1 Å². The van der Waals surface area contributed by atoms with Crippen molar-refractivity contribution in [2.45, 2.75) is 26.3 Å². The molecule has 1 unspecified atom stereocenters. The monoisotopic (exact) mass is 205 g/mol. The third kappa shape index (κ3) is 3.86. The van der Waals surface area contributed by atoms with Gasteiger partial charge >= 0.3 is 0 Å². The van der Waals surface area contributed by atoms with Crippen LogP contribution in [-0.2, 0) is 0 Å². The molecule has 0 fully saturated rings. The van der Waals surface area contributed by atoms with Gasteiger partial charge in [0.2, 0.25) is 5.88 Å². The Morgan fingerprint density at radius 3 is 2.93 bits per heavy atom. The summed E-state index contributed by atoms with van der Waals surface area (Å²) in [6.07, 6.45) is 2.19. The standard InChI is InChI=1S/C11H15N3O/c1-3-15-11-5-4-10(8-13-11)14-9(2)6-7-12/h4-5,8-9,14H,3,6H2,1-2H3. The SMILES string of the molecule is CCOc1ccc(NC(C)CC#N)cn1. The van der Waals surface area contributed by atoms with Gasteiger partial charge in [-0.2, -0.15) is 5.26 Å². The molecule has 0 aliphatic carbocycles. The van der Waals surface area contributed by atoms with Crippen LogP contribution in [-0.4, -0.2) is 17.6 Å².